The number of nitrogens with one attached hydrogen (secondary N) is 1. The van der Waals surface area contributed by atoms with E-state index < -0.39 is 6.61 Å². The molecule has 4 heterocycles. The van der Waals surface area contributed by atoms with Gasteiger partial charge in [0.15, 0.2) is 0 Å². The molecule has 26 heavy (non-hydrogen) atoms. The summed E-state index contributed by atoms with van der Waals surface area (Å²) in [5, 5.41) is 20.5. The number of hydrogen-bond donors (Lipinski definition) is 2. The molecule has 1 fully saturated rings. The van der Waals surface area contributed by atoms with E-state index in [1.165, 1.54) is 0 Å². The number of aliphatic hydroxyl groups excluding tert-OH is 1. The van der Waals surface area contributed by atoms with Crippen LogP contribution < -0.4 is 5.32 Å². The van der Waals surface area contributed by atoms with Gasteiger partial charge >= 0.3 is 0 Å². The molecule has 0 unspecified atom stereocenters. The molecule has 1 aliphatic rings. The van der Waals surface area contributed by atoms with E-state index in [1.807, 2.05) is 30.2 Å². The number of hydrogen-bond acceptors (Lipinski definition) is 7. The van der Waals surface area contributed by atoms with E-state index >= 15 is 0 Å². The van der Waals surface area contributed by atoms with Crippen LogP contribution in [0.2, 0.25) is 0 Å². The van der Waals surface area contributed by atoms with Crippen LogP contribution in [0.3, 0.4) is 0 Å². The summed E-state index contributed by atoms with van der Waals surface area (Å²) < 4.78 is 3.52. The SMILES string of the molecule is Cn1cc(Nc2nccc(-c3cnn(C4CN(C(=O)CO)C4)c3)n2)cn1. The Labute approximate surface area is 149 Å². The van der Waals surface area contributed by atoms with Crippen LogP contribution in [-0.2, 0) is 11.8 Å². The first kappa shape index (κ1) is 16.2. The van der Waals surface area contributed by atoms with E-state index in [0.29, 0.717) is 19.0 Å². The molecular weight excluding hydrogens is 336 g/mol. The summed E-state index contributed by atoms with van der Waals surface area (Å²) in [6.45, 7) is 0.654. The van der Waals surface area contributed by atoms with Gasteiger partial charge in [-0.3, -0.25) is 14.2 Å². The Morgan fingerprint density at radius 3 is 2.88 bits per heavy atom. The quantitative estimate of drug-likeness (QED) is 0.672. The van der Waals surface area contributed by atoms with Gasteiger partial charge in [-0.15, -0.1) is 0 Å². The molecule has 0 radical (unpaired) electrons. The second-order valence-corrected chi connectivity index (χ2v) is 6.11. The number of rotatable bonds is 5. The van der Waals surface area contributed by atoms with Crippen LogP contribution in [0.15, 0.2) is 37.1 Å². The largest absolute Gasteiger partial charge is 0.387 e. The van der Waals surface area contributed by atoms with E-state index in [1.54, 1.807) is 28.2 Å². The van der Waals surface area contributed by atoms with E-state index in [0.717, 1.165) is 16.9 Å². The highest BCUT2D eigenvalue weighted by molar-refractivity contribution is 5.78. The van der Waals surface area contributed by atoms with Crippen LogP contribution in [0.1, 0.15) is 6.04 Å². The minimum absolute atomic E-state index is 0.120. The summed E-state index contributed by atoms with van der Waals surface area (Å²) in [6, 6.07) is 1.94. The van der Waals surface area contributed by atoms with Crippen molar-refractivity contribution < 1.29 is 9.90 Å². The number of carbonyl (C=O) groups is 1. The third kappa shape index (κ3) is 3.14. The van der Waals surface area contributed by atoms with Crippen molar-refractivity contribution >= 4 is 17.5 Å². The monoisotopic (exact) mass is 354 g/mol. The van der Waals surface area contributed by atoms with Crippen LogP contribution in [0.25, 0.3) is 11.3 Å². The molecule has 4 rings (SSSR count). The van der Waals surface area contributed by atoms with Crippen molar-refractivity contribution in [1.82, 2.24) is 34.4 Å². The van der Waals surface area contributed by atoms with Crippen LogP contribution >= 0.6 is 0 Å². The predicted octanol–water partition coefficient (Wildman–Crippen LogP) is 0.193. The van der Waals surface area contributed by atoms with Crippen molar-refractivity contribution in [2.45, 2.75) is 6.04 Å². The van der Waals surface area contributed by atoms with Crippen molar-refractivity contribution in [2.75, 3.05) is 25.0 Å². The number of amides is 1. The Morgan fingerprint density at radius 2 is 2.15 bits per heavy atom. The first-order chi connectivity index (χ1) is 12.6. The number of carbonyl (C=O) groups excluding carboxylic acids is 1. The fourth-order valence-electron chi connectivity index (χ4n) is 2.79. The van der Waals surface area contributed by atoms with Crippen molar-refractivity contribution in [3.63, 3.8) is 0 Å². The molecular formula is C16H18N8O2. The average molecular weight is 354 g/mol. The number of aryl methyl sites for hydroxylation is 1. The van der Waals surface area contributed by atoms with Gasteiger partial charge in [-0.1, -0.05) is 0 Å². The van der Waals surface area contributed by atoms with Crippen LogP contribution in [-0.4, -0.2) is 65.1 Å². The summed E-state index contributed by atoms with van der Waals surface area (Å²) in [4.78, 5) is 21.7. The molecule has 1 aliphatic heterocycles. The van der Waals surface area contributed by atoms with Gasteiger partial charge < -0.3 is 15.3 Å². The minimum atomic E-state index is -0.454. The van der Waals surface area contributed by atoms with Crippen molar-refractivity contribution in [2.24, 2.45) is 7.05 Å². The lowest BCUT2D eigenvalue weighted by molar-refractivity contribution is -0.140. The molecule has 1 amide bonds. The number of aliphatic hydroxyl groups is 1. The summed E-state index contributed by atoms with van der Waals surface area (Å²) in [5.74, 6) is 0.224. The van der Waals surface area contributed by atoms with Gasteiger partial charge in [-0.25, -0.2) is 9.97 Å². The maximum Gasteiger partial charge on any atom is 0.248 e. The highest BCUT2D eigenvalue weighted by Gasteiger charge is 2.31. The molecule has 3 aromatic heterocycles. The Morgan fingerprint density at radius 1 is 1.31 bits per heavy atom. The topological polar surface area (TPSA) is 114 Å². The standard InChI is InChI=1S/C16H18N8O2/c1-22-7-12(5-18-22)20-16-17-3-2-14(21-16)11-4-19-24(6-11)13-8-23(9-13)15(26)10-25/h2-7,13,25H,8-10H2,1H3,(H,17,20,21). The van der Waals surface area contributed by atoms with Gasteiger partial charge in [-0.2, -0.15) is 10.2 Å². The lowest BCUT2D eigenvalue weighted by Gasteiger charge is -2.38. The summed E-state index contributed by atoms with van der Waals surface area (Å²) in [6.07, 6.45) is 8.87. The van der Waals surface area contributed by atoms with E-state index in [9.17, 15) is 4.79 Å². The first-order valence-electron chi connectivity index (χ1n) is 8.14. The van der Waals surface area contributed by atoms with Gasteiger partial charge in [0.05, 0.1) is 29.8 Å². The predicted molar refractivity (Wildman–Crippen MR) is 92.4 cm³/mol. The third-order valence-corrected chi connectivity index (χ3v) is 4.24. The Hall–Kier alpha value is -3.27. The molecule has 0 spiro atoms. The van der Waals surface area contributed by atoms with Crippen molar-refractivity contribution in [3.8, 4) is 11.3 Å². The van der Waals surface area contributed by atoms with Gasteiger partial charge in [0, 0.05) is 44.3 Å². The smallest absolute Gasteiger partial charge is 0.248 e. The van der Waals surface area contributed by atoms with E-state index in [4.69, 9.17) is 5.11 Å². The molecule has 10 nitrogen and oxygen atoms in total. The molecule has 0 atom stereocenters. The summed E-state index contributed by atoms with van der Waals surface area (Å²) >= 11 is 0. The number of nitrogens with zero attached hydrogens (tertiary/aromatic N) is 7. The average Bonchev–Trinajstić information content (AvgIpc) is 3.23. The van der Waals surface area contributed by atoms with Crippen LogP contribution in [0.5, 0.6) is 0 Å². The van der Waals surface area contributed by atoms with Crippen molar-refractivity contribution in [1.29, 1.82) is 0 Å². The fourth-order valence-corrected chi connectivity index (χ4v) is 2.79. The molecule has 0 saturated carbocycles. The summed E-state index contributed by atoms with van der Waals surface area (Å²) in [5.41, 5.74) is 2.43. The number of likely N-dealkylation sites (tertiary alicyclic amines) is 1. The molecule has 3 aromatic rings. The zero-order chi connectivity index (χ0) is 18.1. The van der Waals surface area contributed by atoms with E-state index in [2.05, 4.69) is 25.5 Å². The second kappa shape index (κ2) is 6.56. The Kier molecular flexibility index (Phi) is 4.09. The molecule has 0 bridgehead atoms. The molecule has 2 N–H and O–H groups in total. The van der Waals surface area contributed by atoms with Crippen LogP contribution in [0, 0.1) is 0 Å². The summed E-state index contributed by atoms with van der Waals surface area (Å²) in [7, 11) is 1.84. The second-order valence-electron chi connectivity index (χ2n) is 6.11. The van der Waals surface area contributed by atoms with Gasteiger partial charge in [-0.05, 0) is 6.07 Å². The lowest BCUT2D eigenvalue weighted by atomic mass is 10.1. The highest BCUT2D eigenvalue weighted by Crippen LogP contribution is 2.24. The number of anilines is 2. The molecule has 10 heteroatoms. The first-order valence-corrected chi connectivity index (χ1v) is 8.14. The molecule has 0 aromatic carbocycles. The van der Waals surface area contributed by atoms with Crippen LogP contribution in [0.4, 0.5) is 11.6 Å². The molecule has 0 aliphatic carbocycles. The molecule has 134 valence electrons. The fraction of sp³-hybridized carbons (Fsp3) is 0.312. The molecule has 1 saturated heterocycles. The lowest BCUT2D eigenvalue weighted by Crippen LogP contribution is -2.51. The minimum Gasteiger partial charge on any atom is -0.387 e. The van der Waals surface area contributed by atoms with Gasteiger partial charge in [0.25, 0.3) is 0 Å². The maximum absolute atomic E-state index is 11.4. The zero-order valence-electron chi connectivity index (χ0n) is 14.1. The third-order valence-electron chi connectivity index (χ3n) is 4.24. The normalized spacial score (nSPS) is 14.3. The zero-order valence-corrected chi connectivity index (χ0v) is 14.1. The van der Waals surface area contributed by atoms with Crippen molar-refractivity contribution in [3.05, 3.63) is 37.1 Å². The Bertz CT molecular complexity index is 928. The van der Waals surface area contributed by atoms with E-state index in [-0.39, 0.29) is 11.9 Å². The number of aromatic nitrogens is 6. The maximum atomic E-state index is 11.4. The highest BCUT2D eigenvalue weighted by atomic mass is 16.3. The van der Waals surface area contributed by atoms with Gasteiger partial charge in [0.1, 0.15) is 6.61 Å². The Balaban J connectivity index is 1.46. The van der Waals surface area contributed by atoms with Gasteiger partial charge in [0.2, 0.25) is 11.9 Å².